The zero-order valence-electron chi connectivity index (χ0n) is 9.06. The Kier molecular flexibility index (Phi) is 7.58. The standard InChI is InChI=1S/C5H2ClNO4.C4H6Cl2O/c6-5(8)3-1-2-4(11-3)7(9)10;1-2-3(5)4(6)7/h1-2H;3H,2H2,1H3. The summed E-state index contributed by atoms with van der Waals surface area (Å²) < 4.78 is 4.43. The average molecular weight is 317 g/mol. The Bertz CT molecular complexity index is 417. The fourth-order valence-electron chi connectivity index (χ4n) is 0.692. The van der Waals surface area contributed by atoms with E-state index in [2.05, 4.69) is 4.42 Å². The molecule has 1 unspecified atom stereocenters. The van der Waals surface area contributed by atoms with Crippen LogP contribution in [0.15, 0.2) is 16.5 Å². The van der Waals surface area contributed by atoms with Gasteiger partial charge < -0.3 is 4.42 Å². The Morgan fingerprint density at radius 3 is 2.17 bits per heavy atom. The molecule has 0 radical (unpaired) electrons. The van der Waals surface area contributed by atoms with E-state index in [4.69, 9.17) is 34.8 Å². The summed E-state index contributed by atoms with van der Waals surface area (Å²) in [5, 5.41) is 8.18. The highest BCUT2D eigenvalue weighted by molar-refractivity contribution is 6.69. The van der Waals surface area contributed by atoms with E-state index in [9.17, 15) is 19.7 Å². The lowest BCUT2D eigenvalue weighted by Crippen LogP contribution is -2.04. The molecule has 1 aromatic heterocycles. The third kappa shape index (κ3) is 6.00. The second-order valence-corrected chi connectivity index (χ2v) is 4.09. The number of halogens is 3. The lowest BCUT2D eigenvalue weighted by molar-refractivity contribution is -0.402. The maximum Gasteiger partial charge on any atom is 0.433 e. The predicted molar refractivity (Wildman–Crippen MR) is 66.3 cm³/mol. The number of nitro groups is 1. The Balaban J connectivity index is 0.000000360. The van der Waals surface area contributed by atoms with Crippen molar-refractivity contribution in [3.63, 3.8) is 0 Å². The fraction of sp³-hybridized carbons (Fsp3) is 0.333. The van der Waals surface area contributed by atoms with Gasteiger partial charge in [0.25, 0.3) is 5.24 Å². The molecule has 18 heavy (non-hydrogen) atoms. The van der Waals surface area contributed by atoms with Crippen LogP contribution in [0.4, 0.5) is 5.88 Å². The molecular formula is C9H8Cl3NO5. The van der Waals surface area contributed by atoms with Gasteiger partial charge in [0, 0.05) is 0 Å². The molecule has 0 N–H and O–H groups in total. The van der Waals surface area contributed by atoms with Crippen LogP contribution < -0.4 is 0 Å². The molecule has 6 nitrogen and oxygen atoms in total. The van der Waals surface area contributed by atoms with Crippen molar-refractivity contribution in [1.29, 1.82) is 0 Å². The van der Waals surface area contributed by atoms with Crippen molar-refractivity contribution in [2.45, 2.75) is 18.7 Å². The van der Waals surface area contributed by atoms with Gasteiger partial charge >= 0.3 is 5.88 Å². The van der Waals surface area contributed by atoms with Gasteiger partial charge in [-0.3, -0.25) is 19.7 Å². The van der Waals surface area contributed by atoms with Crippen molar-refractivity contribution in [3.05, 3.63) is 28.0 Å². The number of rotatable bonds is 4. The number of nitrogens with zero attached hydrogens (tertiary/aromatic N) is 1. The molecule has 0 saturated carbocycles. The molecule has 0 aliphatic rings. The first-order chi connectivity index (χ1) is 8.29. The van der Waals surface area contributed by atoms with Crippen LogP contribution in [0.25, 0.3) is 0 Å². The molecule has 0 spiro atoms. The largest absolute Gasteiger partial charge is 0.433 e. The highest BCUT2D eigenvalue weighted by Crippen LogP contribution is 2.16. The van der Waals surface area contributed by atoms with Crippen molar-refractivity contribution in [2.24, 2.45) is 0 Å². The first kappa shape index (κ1) is 16.9. The first-order valence-corrected chi connectivity index (χ1v) is 5.76. The molecule has 0 amide bonds. The Hall–Kier alpha value is -1.11. The van der Waals surface area contributed by atoms with E-state index < -0.39 is 26.7 Å². The maximum atomic E-state index is 10.3. The number of furan rings is 1. The molecule has 100 valence electrons. The number of hydrogen-bond acceptors (Lipinski definition) is 5. The molecule has 9 heteroatoms. The molecule has 0 aromatic carbocycles. The van der Waals surface area contributed by atoms with E-state index in [1.165, 1.54) is 0 Å². The highest BCUT2D eigenvalue weighted by Gasteiger charge is 2.14. The van der Waals surface area contributed by atoms with Crippen LogP contribution >= 0.6 is 34.8 Å². The smallest absolute Gasteiger partial charge is 0.396 e. The van der Waals surface area contributed by atoms with Crippen molar-refractivity contribution >= 4 is 51.2 Å². The molecule has 1 atom stereocenters. The summed E-state index contributed by atoms with van der Waals surface area (Å²) in [4.78, 5) is 29.6. The van der Waals surface area contributed by atoms with Crippen molar-refractivity contribution in [3.8, 4) is 0 Å². The Labute approximate surface area is 117 Å². The van der Waals surface area contributed by atoms with E-state index in [1.807, 2.05) is 0 Å². The van der Waals surface area contributed by atoms with Crippen molar-refractivity contribution in [2.75, 3.05) is 0 Å². The lowest BCUT2D eigenvalue weighted by Gasteiger charge is -1.93. The zero-order chi connectivity index (χ0) is 14.3. The first-order valence-electron chi connectivity index (χ1n) is 4.57. The van der Waals surface area contributed by atoms with E-state index in [1.54, 1.807) is 6.92 Å². The van der Waals surface area contributed by atoms with Crippen molar-refractivity contribution < 1.29 is 18.9 Å². The molecule has 0 saturated heterocycles. The van der Waals surface area contributed by atoms with Gasteiger partial charge in [-0.25, -0.2) is 0 Å². The minimum absolute atomic E-state index is 0.224. The summed E-state index contributed by atoms with van der Waals surface area (Å²) in [6, 6.07) is 2.21. The summed E-state index contributed by atoms with van der Waals surface area (Å²) in [5.41, 5.74) is 0. The van der Waals surface area contributed by atoms with Crippen LogP contribution in [0.3, 0.4) is 0 Å². The predicted octanol–water partition coefficient (Wildman–Crippen LogP) is 3.34. The quantitative estimate of drug-likeness (QED) is 0.368. The molecule has 0 aliphatic carbocycles. The summed E-state index contributed by atoms with van der Waals surface area (Å²) in [6.07, 6.45) is 0.601. The number of hydrogen-bond donors (Lipinski definition) is 0. The second-order valence-electron chi connectivity index (χ2n) is 2.85. The molecule has 0 bridgehead atoms. The second kappa shape index (κ2) is 8.07. The Morgan fingerprint density at radius 1 is 1.44 bits per heavy atom. The average Bonchev–Trinajstić information content (AvgIpc) is 2.78. The topological polar surface area (TPSA) is 90.4 Å². The van der Waals surface area contributed by atoms with Crippen LogP contribution in [-0.2, 0) is 4.79 Å². The molecule has 0 aliphatic heterocycles. The van der Waals surface area contributed by atoms with Gasteiger partial charge in [0.15, 0.2) is 5.76 Å². The summed E-state index contributed by atoms with van der Waals surface area (Å²) >= 11 is 15.2. The van der Waals surface area contributed by atoms with Crippen LogP contribution in [0.1, 0.15) is 23.9 Å². The lowest BCUT2D eigenvalue weighted by atomic mass is 10.4. The van der Waals surface area contributed by atoms with Gasteiger partial charge in [0.05, 0.1) is 6.07 Å². The van der Waals surface area contributed by atoms with Crippen LogP contribution in [0.2, 0.25) is 0 Å². The van der Waals surface area contributed by atoms with Crippen LogP contribution in [-0.4, -0.2) is 20.8 Å². The SMILES string of the molecule is CCC(Cl)C(=O)Cl.O=C(Cl)c1ccc([N+](=O)[O-])o1. The molecule has 0 fully saturated rings. The summed E-state index contributed by atoms with van der Waals surface area (Å²) in [6.45, 7) is 1.80. The molecular weight excluding hydrogens is 308 g/mol. The number of carbonyl (C=O) groups excluding carboxylic acids is 2. The summed E-state index contributed by atoms with van der Waals surface area (Å²) in [7, 11) is 0. The van der Waals surface area contributed by atoms with Gasteiger partial charge in [0.1, 0.15) is 10.3 Å². The normalized spacial score (nSPS) is 11.1. The third-order valence-electron chi connectivity index (χ3n) is 1.57. The van der Waals surface area contributed by atoms with Gasteiger partial charge in [-0.05, 0) is 35.7 Å². The van der Waals surface area contributed by atoms with Gasteiger partial charge in [-0.1, -0.05) is 6.92 Å². The molecule has 1 heterocycles. The van der Waals surface area contributed by atoms with Crippen molar-refractivity contribution in [1.82, 2.24) is 0 Å². The monoisotopic (exact) mass is 315 g/mol. The molecule has 1 rings (SSSR count). The summed E-state index contributed by atoms with van der Waals surface area (Å²) in [5.74, 6) is -0.715. The van der Waals surface area contributed by atoms with Gasteiger partial charge in [-0.2, -0.15) is 0 Å². The van der Waals surface area contributed by atoms with Gasteiger partial charge in [-0.15, -0.1) is 11.6 Å². The zero-order valence-corrected chi connectivity index (χ0v) is 11.3. The number of alkyl halides is 1. The number of carbonyl (C=O) groups is 2. The molecule has 1 aromatic rings. The Morgan fingerprint density at radius 2 is 2.00 bits per heavy atom. The van der Waals surface area contributed by atoms with E-state index in [-0.39, 0.29) is 5.76 Å². The minimum Gasteiger partial charge on any atom is -0.396 e. The van der Waals surface area contributed by atoms with Gasteiger partial charge in [0.2, 0.25) is 5.24 Å². The third-order valence-corrected chi connectivity index (χ3v) is 2.64. The van der Waals surface area contributed by atoms with E-state index in [0.717, 1.165) is 12.1 Å². The van der Waals surface area contributed by atoms with Crippen LogP contribution in [0, 0.1) is 10.1 Å². The fourth-order valence-corrected chi connectivity index (χ4v) is 0.948. The van der Waals surface area contributed by atoms with E-state index in [0.29, 0.717) is 6.42 Å². The minimum atomic E-state index is -0.849. The highest BCUT2D eigenvalue weighted by atomic mass is 35.5. The van der Waals surface area contributed by atoms with E-state index >= 15 is 0 Å². The maximum absolute atomic E-state index is 10.3. The van der Waals surface area contributed by atoms with Crippen LogP contribution in [0.5, 0.6) is 0 Å².